The zero-order chi connectivity index (χ0) is 19.1. The Hall–Kier alpha value is -3.00. The number of hydrogen-bond donors (Lipinski definition) is 1. The number of ether oxygens (including phenoxy) is 2. The molecule has 0 aliphatic carbocycles. The van der Waals surface area contributed by atoms with Crippen LogP contribution in [0.4, 0.5) is 5.69 Å². The number of aromatic nitrogens is 2. The number of para-hydroxylation sites is 2. The summed E-state index contributed by atoms with van der Waals surface area (Å²) in [4.78, 5) is 12.1. The number of benzene rings is 2. The van der Waals surface area contributed by atoms with Crippen molar-refractivity contribution in [1.82, 2.24) is 10.2 Å². The number of anilines is 1. The Balaban J connectivity index is 1.52. The number of rotatable bonds is 8. The molecule has 0 radical (unpaired) electrons. The van der Waals surface area contributed by atoms with Crippen molar-refractivity contribution in [2.75, 3.05) is 25.3 Å². The standard InChI is InChI=1S/C19H19N3O4S/c1-24-14-7-5-6-13(12-14)18-21-22-19(26-18)27-11-10-17(23)20-15-8-3-4-9-16(15)25-2/h3-9,12H,10-11H2,1-2H3,(H,20,23). The Bertz CT molecular complexity index is 913. The van der Waals surface area contributed by atoms with E-state index in [1.54, 1.807) is 26.4 Å². The third-order valence-corrected chi connectivity index (χ3v) is 4.48. The predicted molar refractivity (Wildman–Crippen MR) is 103 cm³/mol. The van der Waals surface area contributed by atoms with E-state index in [0.717, 1.165) is 5.56 Å². The predicted octanol–water partition coefficient (Wildman–Crippen LogP) is 3.87. The van der Waals surface area contributed by atoms with E-state index in [2.05, 4.69) is 15.5 Å². The third-order valence-electron chi connectivity index (χ3n) is 3.66. The van der Waals surface area contributed by atoms with Gasteiger partial charge >= 0.3 is 0 Å². The van der Waals surface area contributed by atoms with Gasteiger partial charge < -0.3 is 19.2 Å². The molecule has 8 heteroatoms. The number of carbonyl (C=O) groups is 1. The van der Waals surface area contributed by atoms with Crippen LogP contribution in [0.3, 0.4) is 0 Å². The number of methoxy groups -OCH3 is 2. The van der Waals surface area contributed by atoms with Gasteiger partial charge in [0, 0.05) is 17.7 Å². The van der Waals surface area contributed by atoms with Gasteiger partial charge in [-0.05, 0) is 30.3 Å². The molecule has 0 fully saturated rings. The second-order valence-electron chi connectivity index (χ2n) is 5.45. The average molecular weight is 385 g/mol. The molecule has 0 atom stereocenters. The lowest BCUT2D eigenvalue weighted by Gasteiger charge is -2.09. The monoisotopic (exact) mass is 385 g/mol. The molecule has 1 aromatic heterocycles. The molecule has 1 heterocycles. The normalized spacial score (nSPS) is 10.4. The highest BCUT2D eigenvalue weighted by molar-refractivity contribution is 7.99. The molecule has 1 N–H and O–H groups in total. The summed E-state index contributed by atoms with van der Waals surface area (Å²) in [6, 6.07) is 14.7. The lowest BCUT2D eigenvalue weighted by atomic mass is 10.2. The minimum Gasteiger partial charge on any atom is -0.497 e. The summed E-state index contributed by atoms with van der Waals surface area (Å²) in [5.74, 6) is 2.15. The number of carbonyl (C=O) groups excluding carboxylic acids is 1. The van der Waals surface area contributed by atoms with Crippen LogP contribution in [0.5, 0.6) is 11.5 Å². The molecular weight excluding hydrogens is 366 g/mol. The van der Waals surface area contributed by atoms with Gasteiger partial charge in [-0.1, -0.05) is 30.0 Å². The smallest absolute Gasteiger partial charge is 0.276 e. The SMILES string of the molecule is COc1cccc(-c2nnc(SCCC(=O)Nc3ccccc3OC)o2)c1. The van der Waals surface area contributed by atoms with Crippen molar-refractivity contribution in [3.63, 3.8) is 0 Å². The lowest BCUT2D eigenvalue weighted by molar-refractivity contribution is -0.115. The number of amides is 1. The third kappa shape index (κ3) is 5.01. The maximum atomic E-state index is 12.1. The van der Waals surface area contributed by atoms with Gasteiger partial charge in [-0.15, -0.1) is 10.2 Å². The molecule has 140 valence electrons. The first kappa shape index (κ1) is 18.8. The Kier molecular flexibility index (Phi) is 6.32. The van der Waals surface area contributed by atoms with Gasteiger partial charge in [0.25, 0.3) is 5.22 Å². The van der Waals surface area contributed by atoms with Crippen molar-refractivity contribution >= 4 is 23.4 Å². The zero-order valence-electron chi connectivity index (χ0n) is 15.0. The minimum absolute atomic E-state index is 0.112. The van der Waals surface area contributed by atoms with Crippen molar-refractivity contribution < 1.29 is 18.7 Å². The van der Waals surface area contributed by atoms with E-state index in [9.17, 15) is 4.79 Å². The molecule has 1 amide bonds. The first-order valence-electron chi connectivity index (χ1n) is 8.23. The Morgan fingerprint density at radius 2 is 1.96 bits per heavy atom. The lowest BCUT2D eigenvalue weighted by Crippen LogP contribution is -2.12. The van der Waals surface area contributed by atoms with Crippen molar-refractivity contribution in [2.45, 2.75) is 11.6 Å². The topological polar surface area (TPSA) is 86.5 Å². The average Bonchev–Trinajstić information content (AvgIpc) is 3.17. The highest BCUT2D eigenvalue weighted by Crippen LogP contribution is 2.27. The molecule has 2 aromatic carbocycles. The van der Waals surface area contributed by atoms with E-state index in [0.29, 0.717) is 40.5 Å². The Morgan fingerprint density at radius 3 is 2.78 bits per heavy atom. The van der Waals surface area contributed by atoms with Crippen LogP contribution in [0, 0.1) is 0 Å². The Morgan fingerprint density at radius 1 is 1.11 bits per heavy atom. The van der Waals surface area contributed by atoms with Crippen molar-refractivity contribution in [3.05, 3.63) is 48.5 Å². The fourth-order valence-corrected chi connectivity index (χ4v) is 3.03. The zero-order valence-corrected chi connectivity index (χ0v) is 15.8. The van der Waals surface area contributed by atoms with E-state index in [1.807, 2.05) is 36.4 Å². The van der Waals surface area contributed by atoms with Crippen LogP contribution in [0.25, 0.3) is 11.5 Å². The summed E-state index contributed by atoms with van der Waals surface area (Å²) in [5.41, 5.74) is 1.43. The second-order valence-corrected chi connectivity index (χ2v) is 6.50. The molecule has 7 nitrogen and oxygen atoms in total. The summed E-state index contributed by atoms with van der Waals surface area (Å²) in [5, 5.41) is 11.3. The first-order valence-corrected chi connectivity index (χ1v) is 9.21. The summed E-state index contributed by atoms with van der Waals surface area (Å²) in [6.45, 7) is 0. The van der Waals surface area contributed by atoms with Gasteiger partial charge in [-0.3, -0.25) is 4.79 Å². The van der Waals surface area contributed by atoms with Gasteiger partial charge in [0.15, 0.2) is 0 Å². The summed E-state index contributed by atoms with van der Waals surface area (Å²) >= 11 is 1.33. The largest absolute Gasteiger partial charge is 0.497 e. The van der Waals surface area contributed by atoms with Gasteiger partial charge in [-0.2, -0.15) is 0 Å². The van der Waals surface area contributed by atoms with Crippen LogP contribution >= 0.6 is 11.8 Å². The quantitative estimate of drug-likeness (QED) is 0.589. The summed E-state index contributed by atoms with van der Waals surface area (Å²) in [7, 11) is 3.17. The van der Waals surface area contributed by atoms with Crippen LogP contribution in [-0.4, -0.2) is 36.1 Å². The molecule has 0 saturated heterocycles. The minimum atomic E-state index is -0.112. The summed E-state index contributed by atoms with van der Waals surface area (Å²) in [6.07, 6.45) is 0.305. The number of thioether (sulfide) groups is 1. The van der Waals surface area contributed by atoms with Crippen LogP contribution < -0.4 is 14.8 Å². The number of nitrogens with one attached hydrogen (secondary N) is 1. The molecule has 0 aliphatic rings. The molecule has 0 bridgehead atoms. The van der Waals surface area contributed by atoms with E-state index in [1.165, 1.54) is 11.8 Å². The van der Waals surface area contributed by atoms with E-state index < -0.39 is 0 Å². The first-order chi connectivity index (χ1) is 13.2. The molecule has 0 saturated carbocycles. The molecule has 0 aliphatic heterocycles. The van der Waals surface area contributed by atoms with E-state index >= 15 is 0 Å². The molecule has 0 spiro atoms. The van der Waals surface area contributed by atoms with Gasteiger partial charge in [0.1, 0.15) is 11.5 Å². The van der Waals surface area contributed by atoms with Crippen molar-refractivity contribution in [1.29, 1.82) is 0 Å². The highest BCUT2D eigenvalue weighted by atomic mass is 32.2. The van der Waals surface area contributed by atoms with Crippen LogP contribution in [0.15, 0.2) is 58.2 Å². The molecule has 3 aromatic rings. The van der Waals surface area contributed by atoms with E-state index in [-0.39, 0.29) is 5.91 Å². The maximum absolute atomic E-state index is 12.1. The molecule has 27 heavy (non-hydrogen) atoms. The van der Waals surface area contributed by atoms with E-state index in [4.69, 9.17) is 13.9 Å². The number of hydrogen-bond acceptors (Lipinski definition) is 7. The van der Waals surface area contributed by atoms with Crippen molar-refractivity contribution in [3.8, 4) is 23.0 Å². The van der Waals surface area contributed by atoms with Crippen molar-refractivity contribution in [2.24, 2.45) is 0 Å². The molecular formula is C19H19N3O4S. The second kappa shape index (κ2) is 9.09. The maximum Gasteiger partial charge on any atom is 0.276 e. The van der Waals surface area contributed by atoms with Gasteiger partial charge in [-0.25, -0.2) is 0 Å². The van der Waals surface area contributed by atoms with Crippen LogP contribution in [-0.2, 0) is 4.79 Å². The number of nitrogens with zero attached hydrogens (tertiary/aromatic N) is 2. The van der Waals surface area contributed by atoms with Crippen LogP contribution in [0.1, 0.15) is 6.42 Å². The Labute approximate surface area is 161 Å². The van der Waals surface area contributed by atoms with Gasteiger partial charge in [0.05, 0.1) is 19.9 Å². The molecule has 3 rings (SSSR count). The van der Waals surface area contributed by atoms with Crippen LogP contribution in [0.2, 0.25) is 0 Å². The summed E-state index contributed by atoms with van der Waals surface area (Å²) < 4.78 is 16.0. The van der Waals surface area contributed by atoms with Gasteiger partial charge in [0.2, 0.25) is 11.8 Å². The fraction of sp³-hybridized carbons (Fsp3) is 0.211. The highest BCUT2D eigenvalue weighted by Gasteiger charge is 2.11. The molecule has 0 unspecified atom stereocenters. The fourth-order valence-electron chi connectivity index (χ4n) is 2.33.